The van der Waals surface area contributed by atoms with Gasteiger partial charge in [0.25, 0.3) is 0 Å². The second-order valence-electron chi connectivity index (χ2n) is 6.49. The van der Waals surface area contributed by atoms with Crippen LogP contribution in [-0.4, -0.2) is 36.9 Å². The Morgan fingerprint density at radius 2 is 2.07 bits per heavy atom. The minimum absolute atomic E-state index is 0.231. The standard InChI is InChI=1S/C21H24N2O5/c1-4-27-20(24)13(2)28-21(25)23-19-16-7-5-6-14(16)8-9-17(19)15-10-11-22-18(12-15)26-3/h8-13H,4-7H2,1-3H3,(H,23,25). The van der Waals surface area contributed by atoms with E-state index in [4.69, 9.17) is 14.2 Å². The highest BCUT2D eigenvalue weighted by Crippen LogP contribution is 2.38. The molecule has 0 aliphatic heterocycles. The molecule has 2 aromatic rings. The third kappa shape index (κ3) is 4.24. The molecular weight excluding hydrogens is 360 g/mol. The monoisotopic (exact) mass is 384 g/mol. The molecule has 0 fully saturated rings. The average molecular weight is 384 g/mol. The Balaban J connectivity index is 1.90. The van der Waals surface area contributed by atoms with Gasteiger partial charge >= 0.3 is 12.1 Å². The highest BCUT2D eigenvalue weighted by molar-refractivity contribution is 5.94. The Labute approximate surface area is 164 Å². The molecule has 1 amide bonds. The van der Waals surface area contributed by atoms with Gasteiger partial charge in [-0.3, -0.25) is 5.32 Å². The Kier molecular flexibility index (Phi) is 6.13. The van der Waals surface area contributed by atoms with E-state index >= 15 is 0 Å². The third-order valence-corrected chi connectivity index (χ3v) is 4.67. The maximum atomic E-state index is 12.5. The van der Waals surface area contributed by atoms with Crippen LogP contribution in [0, 0.1) is 0 Å². The second-order valence-corrected chi connectivity index (χ2v) is 6.49. The molecule has 1 aromatic carbocycles. The quantitative estimate of drug-likeness (QED) is 0.764. The lowest BCUT2D eigenvalue weighted by Crippen LogP contribution is -2.29. The number of fused-ring (bicyclic) bond motifs is 1. The van der Waals surface area contributed by atoms with Gasteiger partial charge in [-0.2, -0.15) is 0 Å². The molecule has 0 radical (unpaired) electrons. The number of aromatic nitrogens is 1. The molecular formula is C21H24N2O5. The number of methoxy groups -OCH3 is 1. The average Bonchev–Trinajstić information content (AvgIpc) is 3.17. The van der Waals surface area contributed by atoms with Crippen molar-refractivity contribution in [3.63, 3.8) is 0 Å². The number of carbonyl (C=O) groups excluding carboxylic acids is 2. The van der Waals surface area contributed by atoms with Crippen LogP contribution < -0.4 is 10.1 Å². The number of carbonyl (C=O) groups is 2. The highest BCUT2D eigenvalue weighted by Gasteiger charge is 2.23. The van der Waals surface area contributed by atoms with Crippen LogP contribution in [0.5, 0.6) is 5.88 Å². The summed E-state index contributed by atoms with van der Waals surface area (Å²) in [5.74, 6) is -0.0857. The van der Waals surface area contributed by atoms with Crippen LogP contribution in [0.25, 0.3) is 11.1 Å². The summed E-state index contributed by atoms with van der Waals surface area (Å²) in [5.41, 5.74) is 4.72. The minimum Gasteiger partial charge on any atom is -0.481 e. The lowest BCUT2D eigenvalue weighted by Gasteiger charge is -2.18. The first-order valence-electron chi connectivity index (χ1n) is 9.33. The Morgan fingerprint density at radius 1 is 1.25 bits per heavy atom. The van der Waals surface area contributed by atoms with Crippen molar-refractivity contribution in [2.75, 3.05) is 19.0 Å². The molecule has 1 heterocycles. The van der Waals surface area contributed by atoms with Gasteiger partial charge in [0.15, 0.2) is 6.10 Å². The zero-order valence-electron chi connectivity index (χ0n) is 16.3. The summed E-state index contributed by atoms with van der Waals surface area (Å²) in [5, 5.41) is 2.84. The van der Waals surface area contributed by atoms with Crippen molar-refractivity contribution < 1.29 is 23.8 Å². The molecule has 1 unspecified atom stereocenters. The van der Waals surface area contributed by atoms with E-state index in [0.717, 1.165) is 36.0 Å². The maximum absolute atomic E-state index is 12.5. The minimum atomic E-state index is -0.985. The van der Waals surface area contributed by atoms with E-state index < -0.39 is 18.2 Å². The number of rotatable bonds is 6. The van der Waals surface area contributed by atoms with Crippen LogP contribution in [0.3, 0.4) is 0 Å². The number of nitrogens with zero attached hydrogens (tertiary/aromatic N) is 1. The molecule has 1 N–H and O–H groups in total. The van der Waals surface area contributed by atoms with Crippen molar-refractivity contribution in [3.05, 3.63) is 41.6 Å². The smallest absolute Gasteiger partial charge is 0.412 e. The molecule has 0 saturated heterocycles. The largest absolute Gasteiger partial charge is 0.481 e. The van der Waals surface area contributed by atoms with Crippen LogP contribution >= 0.6 is 0 Å². The van der Waals surface area contributed by atoms with Gasteiger partial charge in [-0.25, -0.2) is 14.6 Å². The van der Waals surface area contributed by atoms with E-state index in [1.165, 1.54) is 12.5 Å². The van der Waals surface area contributed by atoms with Crippen molar-refractivity contribution in [3.8, 4) is 17.0 Å². The molecule has 1 aromatic heterocycles. The van der Waals surface area contributed by atoms with Gasteiger partial charge in [-0.1, -0.05) is 12.1 Å². The fraction of sp³-hybridized carbons (Fsp3) is 0.381. The van der Waals surface area contributed by atoms with Crippen molar-refractivity contribution in [2.24, 2.45) is 0 Å². The van der Waals surface area contributed by atoms with Crippen molar-refractivity contribution in [2.45, 2.75) is 39.2 Å². The second kappa shape index (κ2) is 8.73. The van der Waals surface area contributed by atoms with Crippen molar-refractivity contribution in [1.29, 1.82) is 0 Å². The molecule has 28 heavy (non-hydrogen) atoms. The van der Waals surface area contributed by atoms with Gasteiger partial charge in [0.1, 0.15) is 0 Å². The predicted molar refractivity (Wildman–Crippen MR) is 104 cm³/mol. The number of esters is 1. The van der Waals surface area contributed by atoms with Gasteiger partial charge in [0.05, 0.1) is 19.4 Å². The van der Waals surface area contributed by atoms with Crippen LogP contribution in [0.15, 0.2) is 30.5 Å². The van der Waals surface area contributed by atoms with Crippen LogP contribution in [0.4, 0.5) is 10.5 Å². The van der Waals surface area contributed by atoms with Gasteiger partial charge in [0, 0.05) is 17.8 Å². The number of ether oxygens (including phenoxy) is 3. The molecule has 0 bridgehead atoms. The topological polar surface area (TPSA) is 86.8 Å². The van der Waals surface area contributed by atoms with Crippen LogP contribution in [0.1, 0.15) is 31.4 Å². The maximum Gasteiger partial charge on any atom is 0.412 e. The Morgan fingerprint density at radius 3 is 2.82 bits per heavy atom. The van der Waals surface area contributed by atoms with E-state index in [-0.39, 0.29) is 6.61 Å². The predicted octanol–water partition coefficient (Wildman–Crippen LogP) is 3.75. The molecule has 7 nitrogen and oxygen atoms in total. The summed E-state index contributed by atoms with van der Waals surface area (Å²) in [7, 11) is 1.56. The molecule has 1 atom stereocenters. The van der Waals surface area contributed by atoms with Crippen molar-refractivity contribution >= 4 is 17.7 Å². The molecule has 0 spiro atoms. The van der Waals surface area contributed by atoms with E-state index in [0.29, 0.717) is 11.6 Å². The Hall–Kier alpha value is -3.09. The number of anilines is 1. The zero-order valence-corrected chi connectivity index (χ0v) is 16.3. The number of hydrogen-bond donors (Lipinski definition) is 1. The van der Waals surface area contributed by atoms with Crippen LogP contribution in [0.2, 0.25) is 0 Å². The number of amides is 1. The van der Waals surface area contributed by atoms with Crippen molar-refractivity contribution in [1.82, 2.24) is 4.98 Å². The summed E-state index contributed by atoms with van der Waals surface area (Å²) >= 11 is 0. The molecule has 0 saturated carbocycles. The number of nitrogens with one attached hydrogen (secondary N) is 1. The number of aryl methyl sites for hydroxylation is 1. The first-order valence-corrected chi connectivity index (χ1v) is 9.33. The van der Waals surface area contributed by atoms with E-state index in [1.807, 2.05) is 18.2 Å². The van der Waals surface area contributed by atoms with E-state index in [9.17, 15) is 9.59 Å². The zero-order chi connectivity index (χ0) is 20.1. The van der Waals surface area contributed by atoms with Gasteiger partial charge in [0.2, 0.25) is 5.88 Å². The summed E-state index contributed by atoms with van der Waals surface area (Å²) in [6, 6.07) is 7.73. The van der Waals surface area contributed by atoms with Gasteiger partial charge in [-0.05, 0) is 55.9 Å². The summed E-state index contributed by atoms with van der Waals surface area (Å²) in [6.07, 6.45) is 2.85. The Bertz CT molecular complexity index is 881. The SMILES string of the molecule is CCOC(=O)C(C)OC(=O)Nc1c(-c2ccnc(OC)c2)ccc2c1CCC2. The molecule has 1 aliphatic rings. The molecule has 3 rings (SSSR count). The number of benzene rings is 1. The fourth-order valence-corrected chi connectivity index (χ4v) is 3.34. The number of hydrogen-bond acceptors (Lipinski definition) is 6. The lowest BCUT2D eigenvalue weighted by atomic mass is 9.98. The number of pyridine rings is 1. The van der Waals surface area contributed by atoms with Gasteiger partial charge < -0.3 is 14.2 Å². The highest BCUT2D eigenvalue weighted by atomic mass is 16.6. The lowest BCUT2D eigenvalue weighted by molar-refractivity contribution is -0.151. The fourth-order valence-electron chi connectivity index (χ4n) is 3.34. The summed E-state index contributed by atoms with van der Waals surface area (Å²) in [4.78, 5) is 28.3. The van der Waals surface area contributed by atoms with E-state index in [1.54, 1.807) is 20.2 Å². The molecule has 148 valence electrons. The first-order chi connectivity index (χ1) is 13.5. The van der Waals surface area contributed by atoms with E-state index in [2.05, 4.69) is 16.4 Å². The molecule has 7 heteroatoms. The summed E-state index contributed by atoms with van der Waals surface area (Å²) < 4.78 is 15.3. The third-order valence-electron chi connectivity index (χ3n) is 4.67. The summed E-state index contributed by atoms with van der Waals surface area (Å²) in [6.45, 7) is 3.42. The van der Waals surface area contributed by atoms with Crippen LogP contribution in [-0.2, 0) is 27.1 Å². The first kappa shape index (κ1) is 19.7. The van der Waals surface area contributed by atoms with Gasteiger partial charge in [-0.15, -0.1) is 0 Å². The normalized spacial score (nSPS) is 13.4. The molecule has 1 aliphatic carbocycles.